The molecular formula is C16H28N2. The van der Waals surface area contributed by atoms with Gasteiger partial charge in [-0.3, -0.25) is 4.99 Å². The van der Waals surface area contributed by atoms with Crippen LogP contribution in [0.1, 0.15) is 57.8 Å². The summed E-state index contributed by atoms with van der Waals surface area (Å²) in [7, 11) is 0. The van der Waals surface area contributed by atoms with Crippen LogP contribution in [0.2, 0.25) is 0 Å². The average molecular weight is 248 g/mol. The van der Waals surface area contributed by atoms with Gasteiger partial charge in [-0.2, -0.15) is 0 Å². The summed E-state index contributed by atoms with van der Waals surface area (Å²) in [5.74, 6) is 0. The molecule has 0 fully saturated rings. The van der Waals surface area contributed by atoms with Crippen LogP contribution in [0.25, 0.3) is 0 Å². The number of nitrogens with zero attached hydrogens (tertiary/aromatic N) is 2. The molecule has 1 aliphatic carbocycles. The first kappa shape index (κ1) is 13.8. The van der Waals surface area contributed by atoms with Crippen LogP contribution in [0.3, 0.4) is 0 Å². The Balaban J connectivity index is 1.85. The van der Waals surface area contributed by atoms with E-state index in [-0.39, 0.29) is 0 Å². The second-order valence-corrected chi connectivity index (χ2v) is 5.61. The lowest BCUT2D eigenvalue weighted by atomic mass is 10.0. The Hall–Kier alpha value is -0.630. The first-order chi connectivity index (χ1) is 8.97. The summed E-state index contributed by atoms with van der Waals surface area (Å²) in [4.78, 5) is 7.22. The predicted molar refractivity (Wildman–Crippen MR) is 79.4 cm³/mol. The number of aliphatic imine (C=N–C) groups is 1. The van der Waals surface area contributed by atoms with Crippen LogP contribution >= 0.6 is 0 Å². The first-order valence-corrected chi connectivity index (χ1v) is 7.84. The van der Waals surface area contributed by atoms with Crippen LogP contribution in [0.5, 0.6) is 0 Å². The highest BCUT2D eigenvalue weighted by Gasteiger charge is 2.17. The lowest BCUT2D eigenvalue weighted by molar-refractivity contribution is 0.172. The van der Waals surface area contributed by atoms with Crippen LogP contribution in [0, 0.1) is 0 Å². The molecule has 2 heteroatoms. The normalized spacial score (nSPS) is 25.6. The minimum Gasteiger partial charge on any atom is -0.300 e. The van der Waals surface area contributed by atoms with E-state index in [1.165, 1.54) is 70.9 Å². The summed E-state index contributed by atoms with van der Waals surface area (Å²) < 4.78 is 0. The second kappa shape index (κ2) is 8.47. The molecule has 0 aromatic rings. The molecule has 1 heterocycles. The molecule has 2 nitrogen and oxygen atoms in total. The maximum atomic E-state index is 4.46. The van der Waals surface area contributed by atoms with Crippen LogP contribution in [0.4, 0.5) is 0 Å². The zero-order chi connectivity index (χ0) is 12.5. The minimum atomic E-state index is 0.836. The van der Waals surface area contributed by atoms with Crippen LogP contribution in [-0.2, 0) is 0 Å². The zero-order valence-corrected chi connectivity index (χ0v) is 11.7. The predicted octanol–water partition coefficient (Wildman–Crippen LogP) is 3.82. The molecule has 18 heavy (non-hydrogen) atoms. The van der Waals surface area contributed by atoms with Crippen molar-refractivity contribution in [2.24, 2.45) is 4.99 Å². The molecule has 0 aromatic carbocycles. The molecule has 0 atom stereocenters. The number of hydrogen-bond donors (Lipinski definition) is 0. The Morgan fingerprint density at radius 1 is 0.833 bits per heavy atom. The smallest absolute Gasteiger partial charge is 0.0397 e. The van der Waals surface area contributed by atoms with Gasteiger partial charge in [-0.15, -0.1) is 0 Å². The van der Waals surface area contributed by atoms with Gasteiger partial charge in [-0.1, -0.05) is 12.2 Å². The van der Waals surface area contributed by atoms with Crippen molar-refractivity contribution in [3.8, 4) is 0 Å². The van der Waals surface area contributed by atoms with Crippen LogP contribution in [-0.4, -0.2) is 36.8 Å². The quantitative estimate of drug-likeness (QED) is 0.644. The van der Waals surface area contributed by atoms with E-state index in [4.69, 9.17) is 0 Å². The molecular weight excluding hydrogens is 220 g/mol. The lowest BCUT2D eigenvalue weighted by Gasteiger charge is -2.31. The van der Waals surface area contributed by atoms with Crippen LogP contribution in [0.15, 0.2) is 17.1 Å². The number of hydrogen-bond acceptors (Lipinski definition) is 2. The Morgan fingerprint density at radius 2 is 1.56 bits per heavy atom. The third-order valence-electron chi connectivity index (χ3n) is 4.14. The van der Waals surface area contributed by atoms with Crippen molar-refractivity contribution < 1.29 is 0 Å². The number of allylic oxidation sites excluding steroid dienone is 2. The molecule has 0 N–H and O–H groups in total. The highest BCUT2D eigenvalue weighted by Crippen LogP contribution is 2.19. The van der Waals surface area contributed by atoms with Crippen molar-refractivity contribution in [1.82, 2.24) is 4.90 Å². The van der Waals surface area contributed by atoms with Gasteiger partial charge in [-0.05, 0) is 70.5 Å². The SMILES string of the molecule is C1=CCCCC(N2CCCC=NCCC2)CCC1. The van der Waals surface area contributed by atoms with Gasteiger partial charge in [0.2, 0.25) is 0 Å². The van der Waals surface area contributed by atoms with E-state index >= 15 is 0 Å². The van der Waals surface area contributed by atoms with Gasteiger partial charge in [0.05, 0.1) is 0 Å². The summed E-state index contributed by atoms with van der Waals surface area (Å²) in [5, 5.41) is 0. The van der Waals surface area contributed by atoms with Crippen molar-refractivity contribution in [3.05, 3.63) is 12.2 Å². The van der Waals surface area contributed by atoms with Gasteiger partial charge in [0, 0.05) is 19.1 Å². The summed E-state index contributed by atoms with van der Waals surface area (Å²) >= 11 is 0. The van der Waals surface area contributed by atoms with E-state index in [9.17, 15) is 0 Å². The molecule has 2 aliphatic rings. The summed E-state index contributed by atoms with van der Waals surface area (Å²) in [6.07, 6.45) is 18.7. The number of rotatable bonds is 1. The Morgan fingerprint density at radius 3 is 2.33 bits per heavy atom. The second-order valence-electron chi connectivity index (χ2n) is 5.61. The molecule has 0 unspecified atom stereocenters. The fraction of sp³-hybridized carbons (Fsp3) is 0.812. The fourth-order valence-corrected chi connectivity index (χ4v) is 3.10. The molecule has 0 amide bonds. The molecule has 0 saturated carbocycles. The van der Waals surface area contributed by atoms with Gasteiger partial charge in [0.25, 0.3) is 0 Å². The van der Waals surface area contributed by atoms with E-state index in [0.717, 1.165) is 12.6 Å². The molecule has 2 rings (SSSR count). The van der Waals surface area contributed by atoms with Gasteiger partial charge >= 0.3 is 0 Å². The van der Waals surface area contributed by atoms with Crippen molar-refractivity contribution in [1.29, 1.82) is 0 Å². The minimum absolute atomic E-state index is 0.836. The summed E-state index contributed by atoms with van der Waals surface area (Å²) in [6.45, 7) is 3.57. The van der Waals surface area contributed by atoms with Gasteiger partial charge in [0.1, 0.15) is 0 Å². The molecule has 0 saturated heterocycles. The lowest BCUT2D eigenvalue weighted by Crippen LogP contribution is -2.37. The Kier molecular flexibility index (Phi) is 6.49. The fourth-order valence-electron chi connectivity index (χ4n) is 3.10. The third-order valence-corrected chi connectivity index (χ3v) is 4.14. The Labute approximate surface area is 112 Å². The molecule has 0 spiro atoms. The van der Waals surface area contributed by atoms with Gasteiger partial charge in [-0.25, -0.2) is 0 Å². The van der Waals surface area contributed by atoms with Gasteiger partial charge < -0.3 is 4.90 Å². The first-order valence-electron chi connectivity index (χ1n) is 7.84. The van der Waals surface area contributed by atoms with Crippen molar-refractivity contribution in [2.75, 3.05) is 19.6 Å². The molecule has 0 radical (unpaired) electrons. The van der Waals surface area contributed by atoms with Crippen molar-refractivity contribution in [2.45, 2.75) is 63.8 Å². The van der Waals surface area contributed by atoms with Crippen molar-refractivity contribution >= 4 is 6.21 Å². The summed E-state index contributed by atoms with van der Waals surface area (Å²) in [6, 6.07) is 0.836. The van der Waals surface area contributed by atoms with Gasteiger partial charge in [0.15, 0.2) is 0 Å². The van der Waals surface area contributed by atoms with E-state index in [1.807, 2.05) is 0 Å². The van der Waals surface area contributed by atoms with E-state index in [0.29, 0.717) is 0 Å². The van der Waals surface area contributed by atoms with E-state index < -0.39 is 0 Å². The van der Waals surface area contributed by atoms with E-state index in [1.54, 1.807) is 0 Å². The molecule has 1 aliphatic heterocycles. The Bertz CT molecular complexity index is 218. The zero-order valence-electron chi connectivity index (χ0n) is 11.7. The third kappa shape index (κ3) is 4.93. The van der Waals surface area contributed by atoms with Crippen molar-refractivity contribution in [3.63, 3.8) is 0 Å². The molecule has 102 valence electrons. The van der Waals surface area contributed by atoms with Crippen LogP contribution < -0.4 is 0 Å². The topological polar surface area (TPSA) is 15.6 Å². The standard InChI is InChI=1S/C16H28N2/c1-2-4-6-11-16(10-5-3-1)18-14-8-7-12-17-13-9-15-18/h1-2,12,16H,3-11,13-15H2. The largest absolute Gasteiger partial charge is 0.300 e. The maximum absolute atomic E-state index is 4.46. The van der Waals surface area contributed by atoms with E-state index in [2.05, 4.69) is 28.3 Å². The average Bonchev–Trinajstić information content (AvgIpc) is 2.61. The molecule has 0 bridgehead atoms. The maximum Gasteiger partial charge on any atom is 0.0397 e. The molecule has 0 aromatic heterocycles. The summed E-state index contributed by atoms with van der Waals surface area (Å²) in [5.41, 5.74) is 0. The monoisotopic (exact) mass is 248 g/mol. The highest BCUT2D eigenvalue weighted by molar-refractivity contribution is 5.56. The highest BCUT2D eigenvalue weighted by atomic mass is 15.1.